The Kier molecular flexibility index (Phi) is 5.04. The molecule has 134 valence electrons. The van der Waals surface area contributed by atoms with Crippen LogP contribution in [-0.2, 0) is 17.3 Å². The molecule has 0 saturated carbocycles. The maximum atomic E-state index is 10.7. The highest BCUT2D eigenvalue weighted by atomic mass is 16.3. The van der Waals surface area contributed by atoms with Gasteiger partial charge in [-0.25, -0.2) is 0 Å². The molecule has 0 aliphatic rings. The fraction of sp³-hybridized carbons (Fsp3) is 0.391. The van der Waals surface area contributed by atoms with E-state index in [4.69, 9.17) is 0 Å². The average Bonchev–Trinajstić information content (AvgIpc) is 2.47. The van der Waals surface area contributed by atoms with Crippen molar-refractivity contribution in [3.8, 4) is 22.6 Å². The van der Waals surface area contributed by atoms with Gasteiger partial charge < -0.3 is 10.2 Å². The van der Waals surface area contributed by atoms with Crippen molar-refractivity contribution in [2.45, 2.75) is 58.8 Å². The summed E-state index contributed by atoms with van der Waals surface area (Å²) in [6.45, 7) is 16.4. The Morgan fingerprint density at radius 2 is 1.40 bits per heavy atom. The summed E-state index contributed by atoms with van der Waals surface area (Å²) in [6.07, 6.45) is 2.43. The van der Waals surface area contributed by atoms with Gasteiger partial charge in [0.1, 0.15) is 11.5 Å². The van der Waals surface area contributed by atoms with Crippen molar-refractivity contribution in [3.63, 3.8) is 0 Å². The summed E-state index contributed by atoms with van der Waals surface area (Å²) in [5, 5.41) is 20.9. The molecular weight excluding hydrogens is 308 g/mol. The van der Waals surface area contributed by atoms with E-state index in [1.165, 1.54) is 0 Å². The van der Waals surface area contributed by atoms with Crippen LogP contribution in [0.1, 0.15) is 58.2 Å². The molecular formula is C23H30O2. The average molecular weight is 338 g/mol. The third-order valence-corrected chi connectivity index (χ3v) is 4.50. The molecule has 0 aliphatic carbocycles. The zero-order valence-corrected chi connectivity index (χ0v) is 16.3. The van der Waals surface area contributed by atoms with E-state index in [0.29, 0.717) is 17.9 Å². The molecule has 0 amide bonds. The topological polar surface area (TPSA) is 40.5 Å². The fourth-order valence-corrected chi connectivity index (χ4v) is 3.06. The molecule has 0 atom stereocenters. The van der Waals surface area contributed by atoms with Gasteiger partial charge in [0.05, 0.1) is 0 Å². The Bertz CT molecular complexity index is 787. The first kappa shape index (κ1) is 19.1. The summed E-state index contributed by atoms with van der Waals surface area (Å²) in [6, 6.07) is 9.81. The smallest absolute Gasteiger partial charge is 0.122 e. The molecule has 0 heterocycles. The van der Waals surface area contributed by atoms with Gasteiger partial charge in [-0.3, -0.25) is 0 Å². The fourth-order valence-electron chi connectivity index (χ4n) is 3.06. The van der Waals surface area contributed by atoms with E-state index in [9.17, 15) is 10.2 Å². The summed E-state index contributed by atoms with van der Waals surface area (Å²) < 4.78 is 0. The Labute approximate surface area is 151 Å². The molecule has 0 aliphatic heterocycles. The molecule has 0 radical (unpaired) electrons. The van der Waals surface area contributed by atoms with E-state index >= 15 is 0 Å². The summed E-state index contributed by atoms with van der Waals surface area (Å²) >= 11 is 0. The lowest BCUT2D eigenvalue weighted by Crippen LogP contribution is -2.13. The molecule has 0 fully saturated rings. The number of rotatable bonds is 3. The lowest BCUT2D eigenvalue weighted by atomic mass is 9.81. The van der Waals surface area contributed by atoms with Crippen LogP contribution in [0, 0.1) is 0 Å². The van der Waals surface area contributed by atoms with E-state index in [1.54, 1.807) is 6.07 Å². The number of phenolic OH excluding ortho intramolecular Hbond substituents is 2. The van der Waals surface area contributed by atoms with Crippen LogP contribution in [0.4, 0.5) is 0 Å². The normalized spacial score (nSPS) is 12.2. The minimum atomic E-state index is -0.167. The van der Waals surface area contributed by atoms with Gasteiger partial charge in [-0.1, -0.05) is 53.7 Å². The van der Waals surface area contributed by atoms with E-state index < -0.39 is 0 Å². The number of benzene rings is 2. The van der Waals surface area contributed by atoms with Gasteiger partial charge in [0.15, 0.2) is 0 Å². The summed E-state index contributed by atoms with van der Waals surface area (Å²) in [5.74, 6) is 0.670. The minimum Gasteiger partial charge on any atom is -0.508 e. The van der Waals surface area contributed by atoms with Gasteiger partial charge in [-0.2, -0.15) is 0 Å². The second kappa shape index (κ2) is 6.59. The number of hydrogen-bond donors (Lipinski definition) is 2. The Hall–Kier alpha value is -2.22. The Morgan fingerprint density at radius 3 is 1.92 bits per heavy atom. The van der Waals surface area contributed by atoms with Crippen molar-refractivity contribution in [3.05, 3.63) is 59.7 Å². The molecule has 2 rings (SSSR count). The van der Waals surface area contributed by atoms with Crippen LogP contribution >= 0.6 is 0 Å². The summed E-state index contributed by atoms with van der Waals surface area (Å²) in [4.78, 5) is 0. The predicted molar refractivity (Wildman–Crippen MR) is 107 cm³/mol. The molecule has 2 heteroatoms. The van der Waals surface area contributed by atoms with Crippen LogP contribution in [0.15, 0.2) is 43.0 Å². The van der Waals surface area contributed by atoms with Crippen LogP contribution in [0.3, 0.4) is 0 Å². The van der Waals surface area contributed by atoms with Crippen molar-refractivity contribution in [1.29, 1.82) is 0 Å². The number of aromatic hydroxyl groups is 2. The quantitative estimate of drug-likeness (QED) is 0.665. The van der Waals surface area contributed by atoms with Crippen LogP contribution in [-0.4, -0.2) is 10.2 Å². The van der Waals surface area contributed by atoms with Crippen molar-refractivity contribution < 1.29 is 10.2 Å². The zero-order chi connectivity index (χ0) is 19.0. The van der Waals surface area contributed by atoms with Gasteiger partial charge in [0, 0.05) is 5.56 Å². The second-order valence-corrected chi connectivity index (χ2v) is 8.76. The lowest BCUT2D eigenvalue weighted by molar-refractivity contribution is 0.441. The summed E-state index contributed by atoms with van der Waals surface area (Å²) in [5.41, 5.74) is 4.49. The highest BCUT2D eigenvalue weighted by Gasteiger charge is 2.23. The van der Waals surface area contributed by atoms with E-state index in [-0.39, 0.29) is 10.8 Å². The summed E-state index contributed by atoms with van der Waals surface area (Å²) in [7, 11) is 0. The monoisotopic (exact) mass is 338 g/mol. The Balaban J connectivity index is 2.71. The van der Waals surface area contributed by atoms with Crippen LogP contribution in [0.5, 0.6) is 11.5 Å². The number of allylic oxidation sites excluding steroid dienone is 1. The molecule has 0 bridgehead atoms. The molecule has 0 aromatic heterocycles. The van der Waals surface area contributed by atoms with Crippen LogP contribution in [0.2, 0.25) is 0 Å². The predicted octanol–water partition coefficient (Wildman–Crippen LogP) is 6.09. The molecule has 0 saturated heterocycles. The maximum absolute atomic E-state index is 10.7. The zero-order valence-electron chi connectivity index (χ0n) is 16.3. The molecule has 0 spiro atoms. The van der Waals surface area contributed by atoms with Crippen molar-refractivity contribution in [2.24, 2.45) is 0 Å². The SMILES string of the molecule is C=CCc1cc(-c2ccc(O)c(C(C)(C)C)c2)cc(C(C)(C)C)c1O. The van der Waals surface area contributed by atoms with Crippen molar-refractivity contribution >= 4 is 0 Å². The first-order chi connectivity index (χ1) is 11.4. The van der Waals surface area contributed by atoms with Gasteiger partial charge in [0.2, 0.25) is 0 Å². The van der Waals surface area contributed by atoms with Gasteiger partial charge in [-0.15, -0.1) is 6.58 Å². The first-order valence-corrected chi connectivity index (χ1v) is 8.76. The maximum Gasteiger partial charge on any atom is 0.122 e. The van der Waals surface area contributed by atoms with Gasteiger partial charge in [-0.05, 0) is 63.8 Å². The standard InChI is InChI=1S/C23H30O2/c1-8-9-16-12-17(14-19(21(16)25)23(5,6)7)15-10-11-20(24)18(13-15)22(2,3)4/h8,10-14,24-25H,1,9H2,2-7H3. The molecule has 2 N–H and O–H groups in total. The van der Waals surface area contributed by atoms with E-state index in [2.05, 4.69) is 54.2 Å². The molecule has 2 aromatic rings. The number of phenols is 2. The van der Waals surface area contributed by atoms with Crippen molar-refractivity contribution in [1.82, 2.24) is 0 Å². The van der Waals surface area contributed by atoms with Crippen LogP contribution in [0.25, 0.3) is 11.1 Å². The van der Waals surface area contributed by atoms with Gasteiger partial charge in [0.25, 0.3) is 0 Å². The third kappa shape index (κ3) is 4.07. The molecule has 25 heavy (non-hydrogen) atoms. The largest absolute Gasteiger partial charge is 0.508 e. The number of hydrogen-bond acceptors (Lipinski definition) is 2. The highest BCUT2D eigenvalue weighted by molar-refractivity contribution is 5.70. The van der Waals surface area contributed by atoms with Crippen molar-refractivity contribution in [2.75, 3.05) is 0 Å². The van der Waals surface area contributed by atoms with E-state index in [0.717, 1.165) is 27.8 Å². The highest BCUT2D eigenvalue weighted by Crippen LogP contribution is 2.39. The van der Waals surface area contributed by atoms with Crippen LogP contribution < -0.4 is 0 Å². The van der Waals surface area contributed by atoms with Gasteiger partial charge >= 0.3 is 0 Å². The molecule has 2 nitrogen and oxygen atoms in total. The third-order valence-electron chi connectivity index (χ3n) is 4.50. The lowest BCUT2D eigenvalue weighted by Gasteiger charge is -2.24. The van der Waals surface area contributed by atoms with E-state index in [1.807, 2.05) is 24.3 Å². The first-order valence-electron chi connectivity index (χ1n) is 8.76. The molecule has 2 aromatic carbocycles. The second-order valence-electron chi connectivity index (χ2n) is 8.76. The minimum absolute atomic E-state index is 0.145. The molecule has 0 unspecified atom stereocenters. The Morgan fingerprint density at radius 1 is 0.840 bits per heavy atom.